The number of amides is 2. The normalized spacial score (nSPS) is 14.5. The quantitative estimate of drug-likeness (QED) is 0.658. The first-order valence-corrected chi connectivity index (χ1v) is 9.72. The maximum atomic E-state index is 12.5. The average molecular weight is 375 g/mol. The van der Waals surface area contributed by atoms with E-state index in [9.17, 15) is 4.79 Å². The number of imidazole rings is 1. The first-order chi connectivity index (χ1) is 13.7. The molecule has 2 N–H and O–H groups in total. The molecule has 0 saturated heterocycles. The van der Waals surface area contributed by atoms with Crippen LogP contribution in [0.3, 0.4) is 0 Å². The van der Waals surface area contributed by atoms with Crippen molar-refractivity contribution >= 4 is 11.7 Å². The molecule has 6 nitrogen and oxygen atoms in total. The lowest BCUT2D eigenvalue weighted by Crippen LogP contribution is -2.35. The van der Waals surface area contributed by atoms with Gasteiger partial charge in [0.2, 0.25) is 0 Å². The molecular formula is C22H25N5O. The van der Waals surface area contributed by atoms with Crippen LogP contribution >= 0.6 is 0 Å². The van der Waals surface area contributed by atoms with Gasteiger partial charge in [-0.05, 0) is 61.4 Å². The molecule has 28 heavy (non-hydrogen) atoms. The van der Waals surface area contributed by atoms with Crippen molar-refractivity contribution in [3.63, 3.8) is 0 Å². The van der Waals surface area contributed by atoms with Crippen LogP contribution in [0.5, 0.6) is 0 Å². The molecule has 1 saturated carbocycles. The number of hydrogen-bond acceptors (Lipinski definition) is 3. The standard InChI is InChI=1S/C22H25N5O/c1-27-15-14-24-21(27)20(17-8-9-17)26-22(28)25-19-11-6-16(7-12-19)5-10-18-4-2-3-13-23-18/h2-4,6-7,11-15,17,20H,5,8-10H2,1H3,(H2,25,26,28)/t20-/m1/s1. The maximum Gasteiger partial charge on any atom is 0.319 e. The molecule has 1 aromatic carbocycles. The van der Waals surface area contributed by atoms with Gasteiger partial charge in [-0.1, -0.05) is 18.2 Å². The highest BCUT2D eigenvalue weighted by Crippen LogP contribution is 2.40. The topological polar surface area (TPSA) is 71.8 Å². The molecule has 0 radical (unpaired) electrons. The van der Waals surface area contributed by atoms with Crippen LogP contribution in [0.2, 0.25) is 0 Å². The van der Waals surface area contributed by atoms with Crippen LogP contribution in [-0.2, 0) is 19.9 Å². The third-order valence-corrected chi connectivity index (χ3v) is 5.12. The lowest BCUT2D eigenvalue weighted by molar-refractivity contribution is 0.246. The number of aromatic nitrogens is 3. The van der Waals surface area contributed by atoms with Crippen LogP contribution in [-0.4, -0.2) is 20.6 Å². The second-order valence-corrected chi connectivity index (χ2v) is 7.33. The van der Waals surface area contributed by atoms with Gasteiger partial charge >= 0.3 is 6.03 Å². The second-order valence-electron chi connectivity index (χ2n) is 7.33. The predicted octanol–water partition coefficient (Wildman–Crippen LogP) is 3.87. The number of carbonyl (C=O) groups excluding carboxylic acids is 1. The van der Waals surface area contributed by atoms with Crippen molar-refractivity contribution in [3.05, 3.63) is 78.1 Å². The van der Waals surface area contributed by atoms with Crippen LogP contribution in [0.25, 0.3) is 0 Å². The zero-order valence-electron chi connectivity index (χ0n) is 16.0. The molecule has 1 aliphatic carbocycles. The van der Waals surface area contributed by atoms with Gasteiger partial charge in [-0.2, -0.15) is 0 Å². The van der Waals surface area contributed by atoms with Gasteiger partial charge in [0.1, 0.15) is 5.82 Å². The summed E-state index contributed by atoms with van der Waals surface area (Å²) in [5.74, 6) is 1.38. The minimum Gasteiger partial charge on any atom is -0.336 e. The lowest BCUT2D eigenvalue weighted by Gasteiger charge is -2.18. The van der Waals surface area contributed by atoms with E-state index in [4.69, 9.17) is 0 Å². The van der Waals surface area contributed by atoms with E-state index in [1.54, 1.807) is 6.20 Å². The van der Waals surface area contributed by atoms with Gasteiger partial charge in [0.15, 0.2) is 0 Å². The molecule has 1 fully saturated rings. The number of rotatable bonds is 7. The first kappa shape index (κ1) is 18.2. The van der Waals surface area contributed by atoms with Gasteiger partial charge in [-0.3, -0.25) is 4.98 Å². The third kappa shape index (κ3) is 4.57. The van der Waals surface area contributed by atoms with Gasteiger partial charge in [0.05, 0.1) is 6.04 Å². The van der Waals surface area contributed by atoms with E-state index in [1.165, 1.54) is 5.56 Å². The summed E-state index contributed by atoms with van der Waals surface area (Å²) >= 11 is 0. The molecule has 2 amide bonds. The van der Waals surface area contributed by atoms with Crippen LogP contribution in [0.15, 0.2) is 61.1 Å². The molecule has 2 heterocycles. The van der Waals surface area contributed by atoms with Crippen molar-refractivity contribution in [1.29, 1.82) is 0 Å². The zero-order chi connectivity index (χ0) is 19.3. The smallest absolute Gasteiger partial charge is 0.319 e. The fraction of sp³-hybridized carbons (Fsp3) is 0.318. The van der Waals surface area contributed by atoms with Gasteiger partial charge in [0.25, 0.3) is 0 Å². The maximum absolute atomic E-state index is 12.5. The van der Waals surface area contributed by atoms with Gasteiger partial charge in [0, 0.05) is 37.0 Å². The molecule has 4 rings (SSSR count). The molecule has 0 bridgehead atoms. The summed E-state index contributed by atoms with van der Waals surface area (Å²) in [6, 6.07) is 13.7. The van der Waals surface area contributed by atoms with Crippen LogP contribution < -0.4 is 10.6 Å². The Morgan fingerprint density at radius 3 is 2.57 bits per heavy atom. The first-order valence-electron chi connectivity index (χ1n) is 9.72. The Bertz CT molecular complexity index is 916. The van der Waals surface area contributed by atoms with Crippen molar-refractivity contribution in [1.82, 2.24) is 19.9 Å². The van der Waals surface area contributed by atoms with E-state index >= 15 is 0 Å². The summed E-state index contributed by atoms with van der Waals surface area (Å²) in [7, 11) is 1.96. The van der Waals surface area contributed by atoms with Crippen LogP contribution in [0, 0.1) is 5.92 Å². The number of pyridine rings is 1. The number of aryl methyl sites for hydroxylation is 3. The zero-order valence-corrected chi connectivity index (χ0v) is 16.0. The highest BCUT2D eigenvalue weighted by atomic mass is 16.2. The molecule has 6 heteroatoms. The number of anilines is 1. The molecule has 1 aliphatic rings. The minimum atomic E-state index is -0.193. The Morgan fingerprint density at radius 1 is 1.11 bits per heavy atom. The number of urea groups is 1. The Kier molecular flexibility index (Phi) is 5.37. The minimum absolute atomic E-state index is 0.0438. The average Bonchev–Trinajstić information content (AvgIpc) is 3.47. The fourth-order valence-electron chi connectivity index (χ4n) is 3.38. The number of benzene rings is 1. The van der Waals surface area contributed by atoms with Crippen LogP contribution in [0.4, 0.5) is 10.5 Å². The van der Waals surface area contributed by atoms with Gasteiger partial charge in [-0.15, -0.1) is 0 Å². The fourth-order valence-corrected chi connectivity index (χ4v) is 3.38. The molecule has 2 aromatic heterocycles. The van der Waals surface area contributed by atoms with E-state index in [1.807, 2.05) is 54.3 Å². The molecular weight excluding hydrogens is 350 g/mol. The summed E-state index contributed by atoms with van der Waals surface area (Å²) in [6.45, 7) is 0. The summed E-state index contributed by atoms with van der Waals surface area (Å²) in [5.41, 5.74) is 3.10. The third-order valence-electron chi connectivity index (χ3n) is 5.12. The van der Waals surface area contributed by atoms with Crippen molar-refractivity contribution in [2.45, 2.75) is 31.7 Å². The summed E-state index contributed by atoms with van der Waals surface area (Å²) in [4.78, 5) is 21.3. The van der Waals surface area contributed by atoms with Crippen molar-refractivity contribution in [2.24, 2.45) is 13.0 Å². The molecule has 0 unspecified atom stereocenters. The van der Waals surface area contributed by atoms with Gasteiger partial charge < -0.3 is 15.2 Å². The van der Waals surface area contributed by atoms with E-state index < -0.39 is 0 Å². The number of hydrogen-bond donors (Lipinski definition) is 2. The number of carbonyl (C=O) groups is 1. The van der Waals surface area contributed by atoms with Gasteiger partial charge in [-0.25, -0.2) is 9.78 Å². The van der Waals surface area contributed by atoms with Crippen molar-refractivity contribution in [2.75, 3.05) is 5.32 Å². The largest absolute Gasteiger partial charge is 0.336 e. The number of nitrogens with zero attached hydrogens (tertiary/aromatic N) is 3. The van der Waals surface area contributed by atoms with Crippen molar-refractivity contribution < 1.29 is 4.79 Å². The molecule has 0 aliphatic heterocycles. The van der Waals surface area contributed by atoms with E-state index in [-0.39, 0.29) is 12.1 Å². The molecule has 0 spiro atoms. The van der Waals surface area contributed by atoms with E-state index in [2.05, 4.69) is 32.7 Å². The van der Waals surface area contributed by atoms with Crippen molar-refractivity contribution in [3.8, 4) is 0 Å². The monoisotopic (exact) mass is 375 g/mol. The lowest BCUT2D eigenvalue weighted by atomic mass is 10.1. The van der Waals surface area contributed by atoms with E-state index in [0.717, 1.165) is 42.9 Å². The molecule has 1 atom stereocenters. The highest BCUT2D eigenvalue weighted by molar-refractivity contribution is 5.89. The summed E-state index contributed by atoms with van der Waals surface area (Å²) in [6.07, 6.45) is 9.58. The molecule has 3 aromatic rings. The predicted molar refractivity (Wildman–Crippen MR) is 109 cm³/mol. The molecule has 144 valence electrons. The Hall–Kier alpha value is -3.15. The second kappa shape index (κ2) is 8.25. The SMILES string of the molecule is Cn1ccnc1[C@H](NC(=O)Nc1ccc(CCc2ccccn2)cc1)C1CC1. The van der Waals surface area contributed by atoms with Crippen LogP contribution in [0.1, 0.15) is 36.0 Å². The Balaban J connectivity index is 1.32. The highest BCUT2D eigenvalue weighted by Gasteiger charge is 2.35. The summed E-state index contributed by atoms with van der Waals surface area (Å²) in [5, 5.41) is 6.03. The van der Waals surface area contributed by atoms with E-state index in [0.29, 0.717) is 5.92 Å². The Labute approximate surface area is 165 Å². The Morgan fingerprint density at radius 2 is 1.93 bits per heavy atom. The number of nitrogens with one attached hydrogen (secondary N) is 2. The summed E-state index contributed by atoms with van der Waals surface area (Å²) < 4.78 is 1.97.